The van der Waals surface area contributed by atoms with Crippen molar-refractivity contribution in [2.45, 2.75) is 6.92 Å². The van der Waals surface area contributed by atoms with Gasteiger partial charge >= 0.3 is 69.7 Å². The van der Waals surface area contributed by atoms with Crippen molar-refractivity contribution in [3.8, 4) is 0 Å². The van der Waals surface area contributed by atoms with E-state index < -0.39 is 0 Å². The zero-order chi connectivity index (χ0) is 5.11. The summed E-state index contributed by atoms with van der Waals surface area (Å²) in [4.78, 5) is 0. The first kappa shape index (κ1) is 17.1. The second-order valence-electron chi connectivity index (χ2n) is 1.65. The fourth-order valence-corrected chi connectivity index (χ4v) is 0.534. The van der Waals surface area contributed by atoms with Crippen LogP contribution in [0.3, 0.4) is 0 Å². The third-order valence-corrected chi connectivity index (χ3v) is 0.940. The molecule has 0 saturated carbocycles. The summed E-state index contributed by atoms with van der Waals surface area (Å²) in [5, 5.41) is 0. The van der Waals surface area contributed by atoms with Gasteiger partial charge in [-0.1, -0.05) is 0 Å². The van der Waals surface area contributed by atoms with Gasteiger partial charge in [-0.15, -0.1) is 0 Å². The summed E-state index contributed by atoms with van der Waals surface area (Å²) in [6.07, 6.45) is 0. The molecule has 1 aromatic rings. The Morgan fingerprint density at radius 1 is 1.20 bits per heavy atom. The topological polar surface area (TPSA) is 0 Å². The van der Waals surface area contributed by atoms with Gasteiger partial charge in [0.1, 0.15) is 0 Å². The van der Waals surface area contributed by atoms with E-state index in [1.807, 2.05) is 18.1 Å². The Kier molecular flexibility index (Phi) is 16.9. The van der Waals surface area contributed by atoms with E-state index in [-0.39, 0.29) is 51.0 Å². The van der Waals surface area contributed by atoms with E-state index in [4.69, 9.17) is 0 Å². The van der Waals surface area contributed by atoms with Crippen LogP contribution in [0.4, 0.5) is 0 Å². The van der Waals surface area contributed by atoms with Crippen LogP contribution in [0.5, 0.6) is 0 Å². The molecule has 4 heteroatoms. The number of aryl methyl sites for hydroxylation is 1. The molecule has 0 saturated heterocycles. The molecule has 1 heterocycles. The quantitative estimate of drug-likeness (QED) is 0.435. The summed E-state index contributed by atoms with van der Waals surface area (Å²) < 4.78 is 0. The predicted octanol–water partition coefficient (Wildman–Crippen LogP) is -4.66. The van der Waals surface area contributed by atoms with Crippen LogP contribution in [0.25, 0.3) is 0 Å². The van der Waals surface area contributed by atoms with Crippen molar-refractivity contribution >= 4 is 6.91 Å². The van der Waals surface area contributed by atoms with E-state index in [0.29, 0.717) is 0 Å². The number of halogens is 2. The fraction of sp³-hybridized carbons (Fsp3) is 0.167. The van der Waals surface area contributed by atoms with Gasteiger partial charge in [-0.25, -0.2) is 0 Å². The van der Waals surface area contributed by atoms with E-state index in [1.54, 1.807) is 0 Å². The van der Waals surface area contributed by atoms with Crippen molar-refractivity contribution in [1.82, 2.24) is 0 Å². The molecule has 52 valence electrons. The van der Waals surface area contributed by atoms with E-state index in [0.717, 1.165) is 0 Å². The second-order valence-corrected chi connectivity index (χ2v) is 1.65. The van der Waals surface area contributed by atoms with Gasteiger partial charge in [0.25, 0.3) is 0 Å². The number of hydrogen-bond acceptors (Lipinski definition) is 0. The molecule has 0 radical (unpaired) electrons. The molecule has 0 nitrogen and oxygen atoms in total. The van der Waals surface area contributed by atoms with Crippen LogP contribution < -0.4 is 24.8 Å². The maximum Gasteiger partial charge on any atom is 2.00 e. The van der Waals surface area contributed by atoms with Gasteiger partial charge in [0, 0.05) is 0 Å². The Hall–Kier alpha value is 0.878. The molecular weight excluding hydrogens is 245 g/mol. The first-order valence-corrected chi connectivity index (χ1v) is 2.41. The van der Waals surface area contributed by atoms with Crippen LogP contribution in [0, 0.1) is 6.92 Å². The van der Waals surface area contributed by atoms with Crippen molar-refractivity contribution in [1.29, 1.82) is 0 Å². The van der Waals surface area contributed by atoms with Crippen LogP contribution in [0.2, 0.25) is 0 Å². The van der Waals surface area contributed by atoms with Gasteiger partial charge in [0.2, 0.25) is 0 Å². The Balaban J connectivity index is -0.000000163. The number of rotatable bonds is 0. The maximum absolute atomic E-state index is 2.08. The van der Waals surface area contributed by atoms with Gasteiger partial charge in [-0.05, 0) is 0 Å². The summed E-state index contributed by atoms with van der Waals surface area (Å²) >= 11 is 0. The SMILES string of the molecule is Cc1bcccc1.[Cl-].[Cl-].[Zr+2]. The maximum atomic E-state index is 2.08. The molecule has 0 fully saturated rings. The first-order valence-electron chi connectivity index (χ1n) is 2.41. The largest absolute Gasteiger partial charge is 2.00 e. The standard InChI is InChI=1S/C6H7B.2ClH.Zr/c1-6-4-2-3-5-7-6;;;/h2-5H,1H3;2*1H;/q;;;+2/p-2. The molecule has 0 N–H and O–H groups in total. The first-order chi connectivity index (χ1) is 3.39. The van der Waals surface area contributed by atoms with Gasteiger partial charge in [-0.3, -0.25) is 0 Å². The minimum Gasteiger partial charge on any atom is -1.00 e. The van der Waals surface area contributed by atoms with Crippen molar-refractivity contribution in [3.05, 3.63) is 29.6 Å². The van der Waals surface area contributed by atoms with Crippen LogP contribution in [-0.4, -0.2) is 6.91 Å². The van der Waals surface area contributed by atoms with E-state index >= 15 is 0 Å². The Labute approximate surface area is 94.0 Å². The average Bonchev–Trinajstić information content (AvgIpc) is 1.69. The number of hydrogen-bond donors (Lipinski definition) is 0. The Morgan fingerprint density at radius 3 is 2.00 bits per heavy atom. The Bertz CT molecular complexity index is 146. The van der Waals surface area contributed by atoms with Crippen LogP contribution in [-0.2, 0) is 26.2 Å². The van der Waals surface area contributed by atoms with Crippen molar-refractivity contribution in [3.63, 3.8) is 0 Å². The molecule has 0 bridgehead atoms. The molecule has 0 aliphatic heterocycles. The fourth-order valence-electron chi connectivity index (χ4n) is 0.534. The molecule has 0 aromatic carbocycles. The van der Waals surface area contributed by atoms with Gasteiger partial charge in [0.15, 0.2) is 0 Å². The third-order valence-electron chi connectivity index (χ3n) is 0.940. The molecular formula is C6H7BCl2Zr. The summed E-state index contributed by atoms with van der Waals surface area (Å²) in [5.41, 5.74) is 1.32. The van der Waals surface area contributed by atoms with E-state index in [9.17, 15) is 0 Å². The smallest absolute Gasteiger partial charge is 1.00 e. The summed E-state index contributed by atoms with van der Waals surface area (Å²) in [6, 6.07) is 6.14. The molecule has 0 atom stereocenters. The van der Waals surface area contributed by atoms with Gasteiger partial charge in [0.05, 0.1) is 0 Å². The molecule has 1 aromatic heterocycles. The van der Waals surface area contributed by atoms with Crippen molar-refractivity contribution in [2.24, 2.45) is 0 Å². The molecule has 1 rings (SSSR count). The average molecular weight is 252 g/mol. The van der Waals surface area contributed by atoms with E-state index in [1.165, 1.54) is 5.46 Å². The minimum absolute atomic E-state index is 0. The van der Waals surface area contributed by atoms with Crippen LogP contribution in [0.15, 0.2) is 24.2 Å². The van der Waals surface area contributed by atoms with E-state index in [2.05, 4.69) is 19.9 Å². The molecule has 0 unspecified atom stereocenters. The van der Waals surface area contributed by atoms with Crippen LogP contribution in [0.1, 0.15) is 5.46 Å². The minimum atomic E-state index is 0. The van der Waals surface area contributed by atoms with Gasteiger partial charge in [-0.2, -0.15) is 0 Å². The molecule has 10 heavy (non-hydrogen) atoms. The summed E-state index contributed by atoms with van der Waals surface area (Å²) in [6.45, 7) is 4.17. The Morgan fingerprint density at radius 2 is 1.80 bits per heavy atom. The third kappa shape index (κ3) is 6.99. The summed E-state index contributed by atoms with van der Waals surface area (Å²) in [7, 11) is 0. The predicted molar refractivity (Wildman–Crippen MR) is 32.5 cm³/mol. The molecule has 0 spiro atoms. The van der Waals surface area contributed by atoms with Crippen molar-refractivity contribution < 1.29 is 51.0 Å². The second kappa shape index (κ2) is 9.88. The summed E-state index contributed by atoms with van der Waals surface area (Å²) in [5.74, 6) is 2.04. The normalized spacial score (nSPS) is 5.70. The van der Waals surface area contributed by atoms with Crippen molar-refractivity contribution in [2.75, 3.05) is 0 Å². The van der Waals surface area contributed by atoms with Crippen LogP contribution >= 0.6 is 0 Å². The zero-order valence-corrected chi connectivity index (χ0v) is 9.61. The molecule has 0 aliphatic rings. The van der Waals surface area contributed by atoms with Gasteiger partial charge < -0.3 is 24.8 Å². The molecule has 0 amide bonds. The molecule has 0 aliphatic carbocycles. The zero-order valence-electron chi connectivity index (χ0n) is 5.64. The monoisotopic (exact) mass is 250 g/mol.